The second-order valence-corrected chi connectivity index (χ2v) is 6.44. The molecule has 0 saturated heterocycles. The second kappa shape index (κ2) is 8.61. The summed E-state index contributed by atoms with van der Waals surface area (Å²) >= 11 is 0.959. The first-order valence-electron chi connectivity index (χ1n) is 8.13. The highest BCUT2D eigenvalue weighted by Crippen LogP contribution is 2.30. The molecule has 0 unspecified atom stereocenters. The van der Waals surface area contributed by atoms with E-state index in [1.165, 1.54) is 18.0 Å². The van der Waals surface area contributed by atoms with Gasteiger partial charge >= 0.3 is 0 Å². The van der Waals surface area contributed by atoms with Gasteiger partial charge in [-0.2, -0.15) is 9.78 Å². The van der Waals surface area contributed by atoms with E-state index in [4.69, 9.17) is 13.9 Å². The van der Waals surface area contributed by atoms with Gasteiger partial charge in [-0.05, 0) is 25.1 Å². The number of furan rings is 1. The number of nitrogens with zero attached hydrogens (tertiary/aromatic N) is 4. The average molecular weight is 401 g/mol. The summed E-state index contributed by atoms with van der Waals surface area (Å²) in [6.07, 6.45) is 3.10. The van der Waals surface area contributed by atoms with E-state index in [0.717, 1.165) is 11.8 Å². The zero-order valence-corrected chi connectivity index (χ0v) is 16.2. The lowest BCUT2D eigenvalue weighted by Crippen LogP contribution is -2.24. The number of aliphatic carboxylic acids is 1. The number of hydrogen-bond acceptors (Lipinski definition) is 9. The van der Waals surface area contributed by atoms with E-state index in [1.807, 2.05) is 12.1 Å². The predicted octanol–water partition coefficient (Wildman–Crippen LogP) is 1.59. The van der Waals surface area contributed by atoms with Crippen molar-refractivity contribution < 1.29 is 23.8 Å². The van der Waals surface area contributed by atoms with Crippen LogP contribution in [0.15, 0.2) is 45.2 Å². The van der Waals surface area contributed by atoms with Crippen molar-refractivity contribution in [1.82, 2.24) is 14.9 Å². The Morgan fingerprint density at radius 2 is 2.14 bits per heavy atom. The van der Waals surface area contributed by atoms with E-state index in [0.29, 0.717) is 39.4 Å². The molecule has 0 radical (unpaired) electrons. The Morgan fingerprint density at radius 1 is 1.32 bits per heavy atom. The van der Waals surface area contributed by atoms with Gasteiger partial charge in [0, 0.05) is 11.3 Å². The molecule has 3 rings (SSSR count). The molecule has 0 amide bonds. The summed E-state index contributed by atoms with van der Waals surface area (Å²) in [5.74, 6) is 0.656. The van der Waals surface area contributed by atoms with Gasteiger partial charge in [-0.15, -0.1) is 10.2 Å². The van der Waals surface area contributed by atoms with Crippen molar-refractivity contribution in [3.05, 3.63) is 41.9 Å². The van der Waals surface area contributed by atoms with Crippen LogP contribution in [0.3, 0.4) is 0 Å². The lowest BCUT2D eigenvalue weighted by molar-refractivity contribution is -0.301. The molecule has 0 saturated carbocycles. The molecule has 10 heteroatoms. The number of carbonyl (C=O) groups is 1. The number of carboxylic acid groups (broad SMARTS) is 1. The molecule has 9 nitrogen and oxygen atoms in total. The van der Waals surface area contributed by atoms with Crippen LogP contribution >= 0.6 is 11.8 Å². The van der Waals surface area contributed by atoms with E-state index in [9.17, 15) is 9.90 Å². The predicted molar refractivity (Wildman–Crippen MR) is 101 cm³/mol. The van der Waals surface area contributed by atoms with Crippen molar-refractivity contribution in [2.75, 3.05) is 20.0 Å². The molecule has 0 spiro atoms. The van der Waals surface area contributed by atoms with E-state index >= 15 is 0 Å². The van der Waals surface area contributed by atoms with Crippen LogP contribution < -0.4 is 14.6 Å². The van der Waals surface area contributed by atoms with Gasteiger partial charge in [0.15, 0.2) is 17.3 Å². The Hall–Kier alpha value is -3.27. The number of carboxylic acids is 1. The number of methoxy groups -OCH3 is 2. The minimum atomic E-state index is -1.21. The van der Waals surface area contributed by atoms with Crippen LogP contribution in [-0.4, -0.2) is 47.0 Å². The highest BCUT2D eigenvalue weighted by atomic mass is 32.2. The SMILES string of the molecule is COc1cccc(/C=N\n2c(SCC(=O)[O-])nnc2-c2ccoc2C)c1OC. The van der Waals surface area contributed by atoms with Crippen LogP contribution in [0.25, 0.3) is 11.4 Å². The first kappa shape index (κ1) is 19.5. The highest BCUT2D eigenvalue weighted by molar-refractivity contribution is 7.99. The van der Waals surface area contributed by atoms with Gasteiger partial charge in [0.25, 0.3) is 0 Å². The third-order valence-corrected chi connectivity index (χ3v) is 4.67. The first-order valence-corrected chi connectivity index (χ1v) is 9.11. The molecule has 1 aromatic carbocycles. The summed E-state index contributed by atoms with van der Waals surface area (Å²) in [5.41, 5.74) is 1.36. The number of thioether (sulfide) groups is 1. The van der Waals surface area contributed by atoms with Crippen LogP contribution in [0.5, 0.6) is 11.5 Å². The fraction of sp³-hybridized carbons (Fsp3) is 0.222. The lowest BCUT2D eigenvalue weighted by Gasteiger charge is -2.10. The fourth-order valence-electron chi connectivity index (χ4n) is 2.50. The van der Waals surface area contributed by atoms with Crippen LogP contribution in [0, 0.1) is 6.92 Å². The largest absolute Gasteiger partial charge is 0.549 e. The summed E-state index contributed by atoms with van der Waals surface area (Å²) in [5, 5.41) is 23.8. The molecule has 0 N–H and O–H groups in total. The van der Waals surface area contributed by atoms with Crippen molar-refractivity contribution in [3.63, 3.8) is 0 Å². The molecule has 0 fully saturated rings. The van der Waals surface area contributed by atoms with Crippen LogP contribution in [0.2, 0.25) is 0 Å². The fourth-order valence-corrected chi connectivity index (χ4v) is 3.10. The molecule has 2 heterocycles. The van der Waals surface area contributed by atoms with Crippen molar-refractivity contribution in [2.45, 2.75) is 12.1 Å². The summed E-state index contributed by atoms with van der Waals surface area (Å²) < 4.78 is 17.5. The van der Waals surface area contributed by atoms with E-state index in [2.05, 4.69) is 15.3 Å². The van der Waals surface area contributed by atoms with E-state index in [1.54, 1.807) is 32.4 Å². The maximum absolute atomic E-state index is 10.8. The van der Waals surface area contributed by atoms with Gasteiger partial charge in [-0.3, -0.25) is 0 Å². The monoisotopic (exact) mass is 401 g/mol. The average Bonchev–Trinajstić information content (AvgIpc) is 3.29. The number of carbonyl (C=O) groups excluding carboxylic acids is 1. The number of hydrogen-bond donors (Lipinski definition) is 0. The number of benzene rings is 1. The molecule has 146 valence electrons. The molecule has 28 heavy (non-hydrogen) atoms. The van der Waals surface area contributed by atoms with Gasteiger partial charge in [0.2, 0.25) is 5.16 Å². The second-order valence-electron chi connectivity index (χ2n) is 5.50. The number of aryl methyl sites for hydroxylation is 1. The number of ether oxygens (including phenoxy) is 2. The Kier molecular flexibility index (Phi) is 5.99. The maximum Gasteiger partial charge on any atom is 0.212 e. The molecule has 0 bridgehead atoms. The topological polar surface area (TPSA) is 115 Å². The maximum atomic E-state index is 10.8. The Labute approximate surface area is 165 Å². The quantitative estimate of drug-likeness (QED) is 0.413. The van der Waals surface area contributed by atoms with Gasteiger partial charge in [0.1, 0.15) is 5.76 Å². The molecule has 0 atom stereocenters. The summed E-state index contributed by atoms with van der Waals surface area (Å²) in [6.45, 7) is 1.79. The van der Waals surface area contributed by atoms with Crippen LogP contribution in [0.4, 0.5) is 0 Å². The number of para-hydroxylation sites is 1. The minimum Gasteiger partial charge on any atom is -0.549 e. The van der Waals surface area contributed by atoms with Crippen molar-refractivity contribution in [3.8, 4) is 22.9 Å². The zero-order valence-electron chi connectivity index (χ0n) is 15.4. The van der Waals surface area contributed by atoms with E-state index < -0.39 is 5.97 Å². The summed E-state index contributed by atoms with van der Waals surface area (Å²) in [7, 11) is 3.09. The minimum absolute atomic E-state index is 0.277. The van der Waals surface area contributed by atoms with Gasteiger partial charge in [-0.25, -0.2) is 0 Å². The normalized spacial score (nSPS) is 11.1. The van der Waals surface area contributed by atoms with Crippen LogP contribution in [-0.2, 0) is 4.79 Å². The lowest BCUT2D eigenvalue weighted by atomic mass is 10.2. The van der Waals surface area contributed by atoms with Crippen molar-refractivity contribution in [1.29, 1.82) is 0 Å². The third kappa shape index (κ3) is 4.01. The van der Waals surface area contributed by atoms with Crippen LogP contribution in [0.1, 0.15) is 11.3 Å². The van der Waals surface area contributed by atoms with Gasteiger partial charge in [-0.1, -0.05) is 17.8 Å². The highest BCUT2D eigenvalue weighted by Gasteiger charge is 2.17. The number of rotatable bonds is 8. The zero-order chi connectivity index (χ0) is 20.1. The molecule has 0 aliphatic carbocycles. The first-order chi connectivity index (χ1) is 13.5. The smallest absolute Gasteiger partial charge is 0.212 e. The van der Waals surface area contributed by atoms with E-state index in [-0.39, 0.29) is 5.75 Å². The molecule has 3 aromatic rings. The Balaban J connectivity index is 2.04. The number of aromatic nitrogens is 3. The molecule has 0 aliphatic rings. The summed E-state index contributed by atoms with van der Waals surface area (Å²) in [4.78, 5) is 10.8. The molecule has 2 aromatic heterocycles. The molecular weight excluding hydrogens is 384 g/mol. The van der Waals surface area contributed by atoms with Crippen molar-refractivity contribution in [2.24, 2.45) is 5.10 Å². The molecule has 0 aliphatic heterocycles. The third-order valence-electron chi connectivity index (χ3n) is 3.78. The standard InChI is InChI=1S/C18H18N4O5S/c1-11-13(7-8-27-11)17-20-21-18(28-10-15(23)24)22(17)19-9-12-5-4-6-14(25-2)16(12)26-3/h4-9H,10H2,1-3H3,(H,23,24)/p-1/b19-9-. The Morgan fingerprint density at radius 3 is 2.79 bits per heavy atom. The van der Waals surface area contributed by atoms with Gasteiger partial charge in [0.05, 0.1) is 38.2 Å². The summed E-state index contributed by atoms with van der Waals surface area (Å²) in [6, 6.07) is 7.13. The Bertz CT molecular complexity index is 1010. The molecular formula is C18H17N4O5S-. The van der Waals surface area contributed by atoms with Gasteiger partial charge < -0.3 is 23.8 Å². The van der Waals surface area contributed by atoms with Crippen molar-refractivity contribution >= 4 is 23.9 Å².